The predicted octanol–water partition coefficient (Wildman–Crippen LogP) is 14.8. The SMILES string of the molecule is CC1(C)c2ccc(N(c3ccc4c5ccccc5c5ccccc5c4c3)c3ccc4ccn(-c5ccccc5)c4c3)cc2-c2c1ccc1oc3ccccc3c21. The van der Waals surface area contributed by atoms with Crippen LogP contribution in [0.1, 0.15) is 25.0 Å². The minimum Gasteiger partial charge on any atom is -0.456 e. The summed E-state index contributed by atoms with van der Waals surface area (Å²) in [6.07, 6.45) is 2.18. The molecule has 3 heteroatoms. The molecule has 264 valence electrons. The number of benzene rings is 9. The van der Waals surface area contributed by atoms with E-state index in [9.17, 15) is 0 Å². The number of furan rings is 1. The molecule has 0 saturated heterocycles. The Morgan fingerprint density at radius 2 is 1.05 bits per heavy atom. The summed E-state index contributed by atoms with van der Waals surface area (Å²) in [4.78, 5) is 2.45. The van der Waals surface area contributed by atoms with Crippen LogP contribution in [0.2, 0.25) is 0 Å². The van der Waals surface area contributed by atoms with Crippen molar-refractivity contribution in [3.05, 3.63) is 193 Å². The Morgan fingerprint density at radius 3 is 1.82 bits per heavy atom. The van der Waals surface area contributed by atoms with Gasteiger partial charge in [-0.05, 0) is 121 Å². The second-order valence-corrected chi connectivity index (χ2v) is 15.7. The highest BCUT2D eigenvalue weighted by Gasteiger charge is 2.38. The quantitative estimate of drug-likeness (QED) is 0.169. The van der Waals surface area contributed by atoms with Crippen LogP contribution in [0.3, 0.4) is 0 Å². The number of rotatable bonds is 4. The molecule has 2 aromatic heterocycles. The fourth-order valence-corrected chi connectivity index (χ4v) is 9.74. The van der Waals surface area contributed by atoms with Gasteiger partial charge in [-0.1, -0.05) is 123 Å². The maximum atomic E-state index is 6.45. The van der Waals surface area contributed by atoms with Gasteiger partial charge in [0, 0.05) is 50.5 Å². The average molecular weight is 717 g/mol. The van der Waals surface area contributed by atoms with Crippen molar-refractivity contribution < 1.29 is 4.42 Å². The Bertz CT molecular complexity index is 3370. The molecule has 0 aliphatic heterocycles. The Hall–Kier alpha value is -7.10. The van der Waals surface area contributed by atoms with Gasteiger partial charge in [-0.15, -0.1) is 0 Å². The molecule has 0 amide bonds. The molecule has 0 fully saturated rings. The van der Waals surface area contributed by atoms with E-state index in [-0.39, 0.29) is 5.41 Å². The van der Waals surface area contributed by atoms with Crippen LogP contribution >= 0.6 is 0 Å². The first-order valence-corrected chi connectivity index (χ1v) is 19.4. The van der Waals surface area contributed by atoms with Gasteiger partial charge in [0.25, 0.3) is 0 Å². The summed E-state index contributed by atoms with van der Waals surface area (Å²) in [5, 5.41) is 11.1. The van der Waals surface area contributed by atoms with E-state index in [4.69, 9.17) is 4.42 Å². The number of para-hydroxylation sites is 2. The summed E-state index contributed by atoms with van der Waals surface area (Å²) in [5.41, 5.74) is 12.5. The van der Waals surface area contributed by atoms with Crippen molar-refractivity contribution in [2.45, 2.75) is 19.3 Å². The lowest BCUT2D eigenvalue weighted by Crippen LogP contribution is -2.15. The van der Waals surface area contributed by atoms with Crippen molar-refractivity contribution in [3.8, 4) is 16.8 Å². The minimum atomic E-state index is -0.168. The van der Waals surface area contributed by atoms with Gasteiger partial charge in [0.15, 0.2) is 0 Å². The lowest BCUT2D eigenvalue weighted by molar-refractivity contribution is 0.656. The van der Waals surface area contributed by atoms with Crippen molar-refractivity contribution in [2.75, 3.05) is 4.90 Å². The summed E-state index contributed by atoms with van der Waals surface area (Å²) in [6.45, 7) is 4.71. The third-order valence-electron chi connectivity index (χ3n) is 12.4. The molecule has 0 N–H and O–H groups in total. The van der Waals surface area contributed by atoms with Crippen molar-refractivity contribution in [1.82, 2.24) is 4.57 Å². The number of aromatic nitrogens is 1. The third kappa shape index (κ3) is 4.34. The molecule has 0 bridgehead atoms. The van der Waals surface area contributed by atoms with Crippen LogP contribution in [0.15, 0.2) is 187 Å². The van der Waals surface area contributed by atoms with E-state index in [1.807, 2.05) is 0 Å². The van der Waals surface area contributed by atoms with Gasteiger partial charge in [0.05, 0.1) is 5.52 Å². The summed E-state index contributed by atoms with van der Waals surface area (Å²) >= 11 is 0. The van der Waals surface area contributed by atoms with E-state index in [2.05, 4.69) is 205 Å². The lowest BCUT2D eigenvalue weighted by Gasteiger charge is -2.28. The summed E-state index contributed by atoms with van der Waals surface area (Å²) in [7, 11) is 0. The maximum Gasteiger partial charge on any atom is 0.136 e. The topological polar surface area (TPSA) is 21.3 Å². The first kappa shape index (κ1) is 31.3. The number of hydrogen-bond donors (Lipinski definition) is 0. The highest BCUT2D eigenvalue weighted by molar-refractivity contribution is 6.26. The molecule has 11 aromatic rings. The summed E-state index contributed by atoms with van der Waals surface area (Å²) in [5.74, 6) is 0. The monoisotopic (exact) mass is 716 g/mol. The molecule has 56 heavy (non-hydrogen) atoms. The normalized spacial score (nSPS) is 13.3. The van der Waals surface area contributed by atoms with E-state index in [1.165, 1.54) is 65.3 Å². The molecule has 1 aliphatic carbocycles. The maximum absolute atomic E-state index is 6.45. The zero-order chi connectivity index (χ0) is 37.1. The van der Waals surface area contributed by atoms with Gasteiger partial charge in [0.2, 0.25) is 0 Å². The molecule has 0 saturated carbocycles. The highest BCUT2D eigenvalue weighted by atomic mass is 16.3. The largest absolute Gasteiger partial charge is 0.456 e. The number of fused-ring (bicyclic) bond motifs is 14. The van der Waals surface area contributed by atoms with E-state index in [0.29, 0.717) is 0 Å². The van der Waals surface area contributed by atoms with Crippen LogP contribution < -0.4 is 4.90 Å². The minimum absolute atomic E-state index is 0.168. The van der Waals surface area contributed by atoms with Crippen LogP contribution in [-0.4, -0.2) is 4.57 Å². The molecular weight excluding hydrogens is 681 g/mol. The number of nitrogens with zero attached hydrogens (tertiary/aromatic N) is 2. The van der Waals surface area contributed by atoms with Crippen molar-refractivity contribution in [3.63, 3.8) is 0 Å². The zero-order valence-electron chi connectivity index (χ0n) is 31.1. The van der Waals surface area contributed by atoms with Crippen LogP contribution in [-0.2, 0) is 5.41 Å². The van der Waals surface area contributed by atoms with Gasteiger partial charge >= 0.3 is 0 Å². The van der Waals surface area contributed by atoms with Crippen LogP contribution in [0.25, 0.3) is 82.0 Å². The average Bonchev–Trinajstić information content (AvgIpc) is 3.91. The molecule has 0 atom stereocenters. The lowest BCUT2D eigenvalue weighted by atomic mass is 9.82. The van der Waals surface area contributed by atoms with Gasteiger partial charge in [-0.25, -0.2) is 0 Å². The van der Waals surface area contributed by atoms with Gasteiger partial charge in [-0.2, -0.15) is 0 Å². The second kappa shape index (κ2) is 11.5. The second-order valence-electron chi connectivity index (χ2n) is 15.7. The van der Waals surface area contributed by atoms with E-state index in [1.54, 1.807) is 0 Å². The molecule has 3 nitrogen and oxygen atoms in total. The van der Waals surface area contributed by atoms with Gasteiger partial charge in [0.1, 0.15) is 11.2 Å². The fraction of sp³-hybridized carbons (Fsp3) is 0.0566. The molecule has 0 radical (unpaired) electrons. The summed E-state index contributed by atoms with van der Waals surface area (Å²) in [6, 6.07) is 64.4. The highest BCUT2D eigenvalue weighted by Crippen LogP contribution is 2.54. The van der Waals surface area contributed by atoms with Gasteiger partial charge in [-0.3, -0.25) is 0 Å². The first-order valence-electron chi connectivity index (χ1n) is 19.4. The predicted molar refractivity (Wildman–Crippen MR) is 235 cm³/mol. The smallest absolute Gasteiger partial charge is 0.136 e. The van der Waals surface area contributed by atoms with E-state index < -0.39 is 0 Å². The van der Waals surface area contributed by atoms with Crippen molar-refractivity contribution in [1.29, 1.82) is 0 Å². The van der Waals surface area contributed by atoms with Crippen LogP contribution in [0.4, 0.5) is 17.1 Å². The Morgan fingerprint density at radius 1 is 0.464 bits per heavy atom. The molecule has 0 unspecified atom stereocenters. The third-order valence-corrected chi connectivity index (χ3v) is 12.4. The van der Waals surface area contributed by atoms with Crippen molar-refractivity contribution >= 4 is 82.2 Å². The van der Waals surface area contributed by atoms with Gasteiger partial charge < -0.3 is 13.9 Å². The first-order chi connectivity index (χ1) is 27.5. The molecular formula is C53H36N2O. The Balaban J connectivity index is 1.14. The Labute approximate surface area is 324 Å². The number of anilines is 3. The zero-order valence-corrected chi connectivity index (χ0v) is 31.1. The van der Waals surface area contributed by atoms with Crippen molar-refractivity contribution in [2.24, 2.45) is 0 Å². The molecule has 1 aliphatic rings. The molecule has 0 spiro atoms. The summed E-state index contributed by atoms with van der Waals surface area (Å²) < 4.78 is 8.74. The molecule has 2 heterocycles. The van der Waals surface area contributed by atoms with E-state index >= 15 is 0 Å². The van der Waals surface area contributed by atoms with E-state index in [0.717, 1.165) is 44.8 Å². The molecule has 12 rings (SSSR count). The standard InChI is InChI=1S/C53H36N2O/c1-53(2)46-25-23-36(31-45(46)51-47(53)26-27-50-52(51)43-18-10-11-19-49(43)56-50)55(37-21-20-33-28-29-54(48(33)32-37)34-12-4-3-5-13-34)35-22-24-42-40-16-7-6-14-38(40)39-15-8-9-17-41(39)44(42)30-35/h3-32H,1-2H3. The fourth-order valence-electron chi connectivity index (χ4n) is 9.74. The van der Waals surface area contributed by atoms with Crippen LogP contribution in [0.5, 0.6) is 0 Å². The molecule has 9 aromatic carbocycles. The number of hydrogen-bond acceptors (Lipinski definition) is 2. The van der Waals surface area contributed by atoms with Crippen LogP contribution in [0, 0.1) is 0 Å². The Kier molecular flexibility index (Phi) is 6.40.